The van der Waals surface area contributed by atoms with Gasteiger partial charge in [0.2, 0.25) is 0 Å². The first kappa shape index (κ1) is 19.8. The van der Waals surface area contributed by atoms with Crippen molar-refractivity contribution in [1.29, 1.82) is 0 Å². The van der Waals surface area contributed by atoms with E-state index in [1.54, 1.807) is 0 Å². The van der Waals surface area contributed by atoms with Crippen molar-refractivity contribution in [2.75, 3.05) is 26.2 Å². The van der Waals surface area contributed by atoms with Gasteiger partial charge in [-0.2, -0.15) is 0 Å². The lowest BCUT2D eigenvalue weighted by atomic mass is 9.97. The highest BCUT2D eigenvalue weighted by Gasteiger charge is 2.39. The smallest absolute Gasteiger partial charge is 0.253 e. The Bertz CT molecular complexity index is 654. The summed E-state index contributed by atoms with van der Waals surface area (Å²) in [6.45, 7) is 8.88. The molecule has 4 heteroatoms. The summed E-state index contributed by atoms with van der Waals surface area (Å²) in [7, 11) is 0. The van der Waals surface area contributed by atoms with Crippen molar-refractivity contribution in [3.05, 3.63) is 29.8 Å². The van der Waals surface area contributed by atoms with Gasteiger partial charge in [0, 0.05) is 37.8 Å². The molecular formula is C24H36N2O2. The maximum atomic E-state index is 12.6. The van der Waals surface area contributed by atoms with Crippen LogP contribution in [0.15, 0.2) is 24.3 Å². The Morgan fingerprint density at radius 3 is 2.32 bits per heavy atom. The molecule has 1 unspecified atom stereocenters. The van der Waals surface area contributed by atoms with Crippen LogP contribution < -0.4 is 4.74 Å². The van der Waals surface area contributed by atoms with Crippen LogP contribution in [0.4, 0.5) is 0 Å². The number of benzene rings is 1. The highest BCUT2D eigenvalue weighted by Crippen LogP contribution is 2.49. The zero-order chi connectivity index (χ0) is 19.6. The van der Waals surface area contributed by atoms with Crippen molar-refractivity contribution in [3.8, 4) is 5.75 Å². The molecule has 4 rings (SSSR count). The summed E-state index contributed by atoms with van der Waals surface area (Å²) in [5.74, 6) is 1.06. The van der Waals surface area contributed by atoms with Gasteiger partial charge < -0.3 is 14.5 Å². The van der Waals surface area contributed by atoms with E-state index < -0.39 is 0 Å². The fraction of sp³-hybridized carbons (Fsp3) is 0.708. The summed E-state index contributed by atoms with van der Waals surface area (Å²) in [4.78, 5) is 17.2. The lowest BCUT2D eigenvalue weighted by Crippen LogP contribution is -2.43. The maximum absolute atomic E-state index is 12.6. The van der Waals surface area contributed by atoms with Gasteiger partial charge in [-0.15, -0.1) is 0 Å². The minimum atomic E-state index is 0.165. The predicted molar refractivity (Wildman–Crippen MR) is 113 cm³/mol. The first-order valence-electron chi connectivity index (χ1n) is 11.3. The molecule has 0 bridgehead atoms. The molecule has 1 amide bonds. The lowest BCUT2D eigenvalue weighted by molar-refractivity contribution is 0.0716. The van der Waals surface area contributed by atoms with E-state index in [1.807, 2.05) is 29.2 Å². The van der Waals surface area contributed by atoms with Crippen LogP contribution in [0.1, 0.15) is 75.6 Å². The second-order valence-corrected chi connectivity index (χ2v) is 9.59. The van der Waals surface area contributed by atoms with Crippen molar-refractivity contribution >= 4 is 5.91 Å². The molecule has 4 nitrogen and oxygen atoms in total. The second kappa shape index (κ2) is 8.44. The van der Waals surface area contributed by atoms with Gasteiger partial charge in [0.25, 0.3) is 5.91 Å². The third-order valence-corrected chi connectivity index (χ3v) is 7.04. The molecule has 28 heavy (non-hydrogen) atoms. The molecule has 1 aromatic rings. The molecule has 0 spiro atoms. The molecule has 154 valence electrons. The topological polar surface area (TPSA) is 32.8 Å². The fourth-order valence-electron chi connectivity index (χ4n) is 4.84. The zero-order valence-corrected chi connectivity index (χ0v) is 17.7. The van der Waals surface area contributed by atoms with Gasteiger partial charge in [0.05, 0.1) is 0 Å². The Balaban J connectivity index is 1.24. The normalized spacial score (nSPS) is 24.0. The van der Waals surface area contributed by atoms with Crippen LogP contribution >= 0.6 is 0 Å². The van der Waals surface area contributed by atoms with Crippen LogP contribution in [0, 0.1) is 5.41 Å². The van der Waals surface area contributed by atoms with E-state index in [9.17, 15) is 4.79 Å². The number of hydrogen-bond donors (Lipinski definition) is 0. The van der Waals surface area contributed by atoms with Crippen LogP contribution in [-0.2, 0) is 0 Å². The van der Waals surface area contributed by atoms with Gasteiger partial charge in [-0.25, -0.2) is 0 Å². The summed E-state index contributed by atoms with van der Waals surface area (Å²) in [5, 5.41) is 0. The van der Waals surface area contributed by atoms with Gasteiger partial charge in [0.1, 0.15) is 11.9 Å². The molecule has 1 aliphatic carbocycles. The molecule has 3 aliphatic rings. The minimum Gasteiger partial charge on any atom is -0.490 e. The zero-order valence-electron chi connectivity index (χ0n) is 17.7. The number of rotatable bonds is 6. The molecular weight excluding hydrogens is 348 g/mol. The molecule has 0 radical (unpaired) electrons. The average Bonchev–Trinajstić information content (AvgIpc) is 3.45. The van der Waals surface area contributed by atoms with Crippen LogP contribution in [0.5, 0.6) is 5.75 Å². The SMILES string of the molecule is CC(CC1(C)CC1)N1CCC(Oc2ccc(C(=O)N3CCCCC3)cc2)CC1. The minimum absolute atomic E-state index is 0.165. The van der Waals surface area contributed by atoms with Crippen LogP contribution in [0.3, 0.4) is 0 Å². The van der Waals surface area contributed by atoms with Crippen molar-refractivity contribution < 1.29 is 9.53 Å². The highest BCUT2D eigenvalue weighted by atomic mass is 16.5. The van der Waals surface area contributed by atoms with Crippen molar-refractivity contribution in [3.63, 3.8) is 0 Å². The number of ether oxygens (including phenoxy) is 1. The van der Waals surface area contributed by atoms with Gasteiger partial charge in [-0.1, -0.05) is 6.92 Å². The van der Waals surface area contributed by atoms with E-state index in [0.29, 0.717) is 17.6 Å². The number of hydrogen-bond acceptors (Lipinski definition) is 3. The van der Waals surface area contributed by atoms with Gasteiger partial charge >= 0.3 is 0 Å². The number of carbonyl (C=O) groups is 1. The first-order chi connectivity index (χ1) is 13.5. The monoisotopic (exact) mass is 384 g/mol. The van der Waals surface area contributed by atoms with E-state index in [0.717, 1.165) is 63.2 Å². The lowest BCUT2D eigenvalue weighted by Gasteiger charge is -2.37. The number of carbonyl (C=O) groups excluding carboxylic acids is 1. The Morgan fingerprint density at radius 2 is 1.71 bits per heavy atom. The molecule has 1 atom stereocenters. The Morgan fingerprint density at radius 1 is 1.07 bits per heavy atom. The van der Waals surface area contributed by atoms with E-state index in [2.05, 4.69) is 18.7 Å². The Kier molecular flexibility index (Phi) is 5.96. The largest absolute Gasteiger partial charge is 0.490 e. The van der Waals surface area contributed by atoms with Gasteiger partial charge in [-0.05, 0) is 88.0 Å². The van der Waals surface area contributed by atoms with E-state index in [4.69, 9.17) is 4.74 Å². The third-order valence-electron chi connectivity index (χ3n) is 7.04. The molecule has 2 saturated heterocycles. The van der Waals surface area contributed by atoms with Gasteiger partial charge in [-0.3, -0.25) is 4.79 Å². The van der Waals surface area contributed by atoms with E-state index in [-0.39, 0.29) is 5.91 Å². The quantitative estimate of drug-likeness (QED) is 0.710. The molecule has 3 fully saturated rings. The van der Waals surface area contributed by atoms with E-state index >= 15 is 0 Å². The number of nitrogens with zero attached hydrogens (tertiary/aromatic N) is 2. The fourth-order valence-corrected chi connectivity index (χ4v) is 4.84. The summed E-state index contributed by atoms with van der Waals surface area (Å²) < 4.78 is 6.23. The average molecular weight is 385 g/mol. The number of piperidine rings is 2. The summed E-state index contributed by atoms with van der Waals surface area (Å²) >= 11 is 0. The van der Waals surface area contributed by atoms with Crippen molar-refractivity contribution in [1.82, 2.24) is 9.80 Å². The summed E-state index contributed by atoms with van der Waals surface area (Å²) in [6, 6.07) is 8.49. The van der Waals surface area contributed by atoms with Crippen molar-refractivity contribution in [2.45, 2.75) is 77.4 Å². The van der Waals surface area contributed by atoms with E-state index in [1.165, 1.54) is 25.7 Å². The maximum Gasteiger partial charge on any atom is 0.253 e. The Labute approximate surface area is 170 Å². The molecule has 0 N–H and O–H groups in total. The van der Waals surface area contributed by atoms with Crippen LogP contribution in [0.2, 0.25) is 0 Å². The predicted octanol–water partition coefficient (Wildman–Crippen LogP) is 4.73. The first-order valence-corrected chi connectivity index (χ1v) is 11.3. The van der Waals surface area contributed by atoms with Crippen LogP contribution in [0.25, 0.3) is 0 Å². The number of amides is 1. The summed E-state index contributed by atoms with van der Waals surface area (Å²) in [5.41, 5.74) is 1.41. The molecule has 1 saturated carbocycles. The molecule has 1 aromatic carbocycles. The standard InChI is InChI=1S/C24H36N2O2/c1-19(18-24(2)12-13-24)25-16-10-22(11-17-25)28-21-8-6-20(7-9-21)23(27)26-14-4-3-5-15-26/h6-9,19,22H,3-5,10-18H2,1-2H3. The molecule has 2 aliphatic heterocycles. The Hall–Kier alpha value is -1.55. The van der Waals surface area contributed by atoms with Gasteiger partial charge in [0.15, 0.2) is 0 Å². The summed E-state index contributed by atoms with van der Waals surface area (Å²) in [6.07, 6.45) is 10.1. The van der Waals surface area contributed by atoms with Crippen molar-refractivity contribution in [2.24, 2.45) is 5.41 Å². The molecule has 0 aromatic heterocycles. The third kappa shape index (κ3) is 4.89. The number of likely N-dealkylation sites (tertiary alicyclic amines) is 2. The second-order valence-electron chi connectivity index (χ2n) is 9.59. The molecule has 2 heterocycles. The van der Waals surface area contributed by atoms with Crippen LogP contribution in [-0.4, -0.2) is 54.0 Å². The highest BCUT2D eigenvalue weighted by molar-refractivity contribution is 5.94.